The normalized spacial score (nSPS) is 16.4. The van der Waals surface area contributed by atoms with E-state index in [2.05, 4.69) is 34.0 Å². The van der Waals surface area contributed by atoms with Crippen LogP contribution in [0, 0.1) is 6.92 Å². The average molecular weight is 370 g/mol. The maximum atomic E-state index is 12.5. The molecule has 3 aromatic rings. The molecule has 0 unspecified atom stereocenters. The van der Waals surface area contributed by atoms with Gasteiger partial charge in [-0.2, -0.15) is 0 Å². The van der Waals surface area contributed by atoms with Gasteiger partial charge in [-0.3, -0.25) is 9.69 Å². The number of benzene rings is 1. The Morgan fingerprint density at radius 1 is 1.30 bits per heavy atom. The van der Waals surface area contributed by atoms with Crippen molar-refractivity contribution in [2.75, 3.05) is 32.8 Å². The Kier molecular flexibility index (Phi) is 4.75. The fourth-order valence-corrected chi connectivity index (χ4v) is 3.60. The number of aromatic nitrogens is 2. The van der Waals surface area contributed by atoms with Gasteiger partial charge < -0.3 is 19.5 Å². The molecule has 0 saturated carbocycles. The molecule has 7 heteroatoms. The van der Waals surface area contributed by atoms with Crippen molar-refractivity contribution >= 4 is 22.1 Å². The molecule has 1 aliphatic heterocycles. The van der Waals surface area contributed by atoms with Gasteiger partial charge in [0.2, 0.25) is 5.58 Å². The third kappa shape index (κ3) is 3.90. The van der Waals surface area contributed by atoms with Crippen LogP contribution in [-0.4, -0.2) is 53.3 Å². The second-order valence-corrected chi connectivity index (χ2v) is 7.92. The number of nitrogens with zero attached hydrogens (tertiary/aromatic N) is 2. The summed E-state index contributed by atoms with van der Waals surface area (Å²) in [6.07, 6.45) is 0. The summed E-state index contributed by atoms with van der Waals surface area (Å²) in [6, 6.07) is 5.86. The van der Waals surface area contributed by atoms with Crippen LogP contribution in [0.3, 0.4) is 0 Å². The first kappa shape index (κ1) is 18.2. The van der Waals surface area contributed by atoms with Crippen molar-refractivity contribution in [3.05, 3.63) is 39.9 Å². The fraction of sp³-hybridized carbons (Fsp3) is 0.500. The minimum absolute atomic E-state index is 0.111. The first-order valence-corrected chi connectivity index (χ1v) is 9.38. The molecule has 7 nitrogen and oxygen atoms in total. The van der Waals surface area contributed by atoms with Crippen molar-refractivity contribution in [1.29, 1.82) is 0 Å². The van der Waals surface area contributed by atoms with Gasteiger partial charge in [0, 0.05) is 30.6 Å². The van der Waals surface area contributed by atoms with Gasteiger partial charge in [-0.05, 0) is 32.9 Å². The highest BCUT2D eigenvalue weighted by atomic mass is 16.5. The zero-order chi connectivity index (χ0) is 19.0. The third-order valence-corrected chi connectivity index (χ3v) is 4.99. The van der Waals surface area contributed by atoms with Crippen molar-refractivity contribution < 1.29 is 9.15 Å². The molecule has 2 N–H and O–H groups in total. The van der Waals surface area contributed by atoms with Crippen LogP contribution in [0.25, 0.3) is 22.1 Å². The summed E-state index contributed by atoms with van der Waals surface area (Å²) in [6.45, 7) is 11.2. The monoisotopic (exact) mass is 370 g/mol. The van der Waals surface area contributed by atoms with Gasteiger partial charge in [-0.1, -0.05) is 11.6 Å². The van der Waals surface area contributed by atoms with E-state index in [4.69, 9.17) is 9.15 Å². The number of H-pyrrole nitrogens is 1. The number of fused-ring (bicyclic) bond motifs is 3. The van der Waals surface area contributed by atoms with E-state index in [9.17, 15) is 4.79 Å². The summed E-state index contributed by atoms with van der Waals surface area (Å²) >= 11 is 0. The third-order valence-electron chi connectivity index (χ3n) is 4.99. The Bertz CT molecular complexity index is 1020. The van der Waals surface area contributed by atoms with Crippen LogP contribution in [-0.2, 0) is 11.3 Å². The van der Waals surface area contributed by atoms with E-state index >= 15 is 0 Å². The number of nitrogens with one attached hydrogen (secondary N) is 2. The van der Waals surface area contributed by atoms with Gasteiger partial charge in [0.15, 0.2) is 0 Å². The Morgan fingerprint density at radius 3 is 2.85 bits per heavy atom. The van der Waals surface area contributed by atoms with E-state index in [1.165, 1.54) is 0 Å². The first-order chi connectivity index (χ1) is 12.9. The van der Waals surface area contributed by atoms with Gasteiger partial charge in [-0.15, -0.1) is 0 Å². The second kappa shape index (κ2) is 7.07. The molecule has 0 aliphatic carbocycles. The molecule has 0 bridgehead atoms. The molecule has 1 saturated heterocycles. The highest BCUT2D eigenvalue weighted by Crippen LogP contribution is 2.25. The summed E-state index contributed by atoms with van der Waals surface area (Å²) in [5.41, 5.74) is 2.36. The highest BCUT2D eigenvalue weighted by molar-refractivity contribution is 6.02. The SMILES string of the molecule is Cc1ccc2oc3c(=O)[nH]c(CNC(C)(C)CN4CCOCC4)nc3c2c1. The summed E-state index contributed by atoms with van der Waals surface area (Å²) in [7, 11) is 0. The molecule has 1 aliphatic rings. The smallest absolute Gasteiger partial charge is 0.294 e. The van der Waals surface area contributed by atoms with E-state index < -0.39 is 0 Å². The molecule has 4 rings (SSSR count). The zero-order valence-electron chi connectivity index (χ0n) is 16.1. The van der Waals surface area contributed by atoms with Gasteiger partial charge in [0.25, 0.3) is 5.56 Å². The zero-order valence-corrected chi connectivity index (χ0v) is 16.1. The molecular weight excluding hydrogens is 344 g/mol. The second-order valence-electron chi connectivity index (χ2n) is 7.92. The van der Waals surface area contributed by atoms with Crippen molar-refractivity contribution in [3.63, 3.8) is 0 Å². The molecule has 0 spiro atoms. The Morgan fingerprint density at radius 2 is 2.07 bits per heavy atom. The van der Waals surface area contributed by atoms with Gasteiger partial charge in [0.05, 0.1) is 19.8 Å². The number of ether oxygens (including phenoxy) is 1. The van der Waals surface area contributed by atoms with Crippen LogP contribution in [0.2, 0.25) is 0 Å². The molecule has 0 amide bonds. The molecule has 1 fully saturated rings. The highest BCUT2D eigenvalue weighted by Gasteiger charge is 2.23. The Labute approximate surface area is 157 Å². The lowest BCUT2D eigenvalue weighted by Crippen LogP contribution is -2.51. The van der Waals surface area contributed by atoms with Crippen LogP contribution < -0.4 is 10.9 Å². The number of rotatable bonds is 5. The van der Waals surface area contributed by atoms with Crippen LogP contribution in [0.1, 0.15) is 25.2 Å². The molecule has 1 aromatic carbocycles. The standard InChI is InChI=1S/C20H26N4O3/c1-13-4-5-15-14(10-13)17-18(27-15)19(25)23-16(22-17)11-21-20(2,3)12-24-6-8-26-9-7-24/h4-5,10,21H,6-9,11-12H2,1-3H3,(H,22,23,25). The molecular formula is C20H26N4O3. The number of hydrogen-bond donors (Lipinski definition) is 2. The maximum Gasteiger partial charge on any atom is 0.294 e. The lowest BCUT2D eigenvalue weighted by molar-refractivity contribution is 0.0268. The van der Waals surface area contributed by atoms with Crippen LogP contribution >= 0.6 is 0 Å². The van der Waals surface area contributed by atoms with Gasteiger partial charge in [-0.25, -0.2) is 4.98 Å². The van der Waals surface area contributed by atoms with Crippen LogP contribution in [0.15, 0.2) is 27.4 Å². The van der Waals surface area contributed by atoms with Crippen molar-refractivity contribution in [1.82, 2.24) is 20.2 Å². The number of aromatic amines is 1. The molecule has 27 heavy (non-hydrogen) atoms. The quantitative estimate of drug-likeness (QED) is 0.716. The summed E-state index contributed by atoms with van der Waals surface area (Å²) in [5, 5.41) is 4.40. The summed E-state index contributed by atoms with van der Waals surface area (Å²) < 4.78 is 11.1. The Balaban J connectivity index is 1.55. The molecule has 0 radical (unpaired) electrons. The fourth-order valence-electron chi connectivity index (χ4n) is 3.60. The largest absolute Gasteiger partial charge is 0.449 e. The maximum absolute atomic E-state index is 12.5. The van der Waals surface area contributed by atoms with E-state index in [0.717, 1.165) is 43.8 Å². The van der Waals surface area contributed by atoms with Gasteiger partial charge in [0.1, 0.15) is 16.9 Å². The first-order valence-electron chi connectivity index (χ1n) is 9.38. The summed E-state index contributed by atoms with van der Waals surface area (Å²) in [5.74, 6) is 0.617. The molecule has 0 atom stereocenters. The topological polar surface area (TPSA) is 83.4 Å². The predicted molar refractivity (Wildman–Crippen MR) is 105 cm³/mol. The minimum Gasteiger partial charge on any atom is -0.449 e. The van der Waals surface area contributed by atoms with Gasteiger partial charge >= 0.3 is 0 Å². The lowest BCUT2D eigenvalue weighted by atomic mass is 10.0. The Hall–Kier alpha value is -2.22. The van der Waals surface area contributed by atoms with Crippen molar-refractivity contribution in [2.24, 2.45) is 0 Å². The molecule has 3 heterocycles. The number of morpholine rings is 1. The number of aryl methyl sites for hydroxylation is 1. The van der Waals surface area contributed by atoms with E-state index in [0.29, 0.717) is 23.5 Å². The van der Waals surface area contributed by atoms with E-state index in [1.807, 2.05) is 25.1 Å². The minimum atomic E-state index is -0.239. The number of furan rings is 1. The van der Waals surface area contributed by atoms with E-state index in [1.54, 1.807) is 0 Å². The molecule has 144 valence electrons. The lowest BCUT2D eigenvalue weighted by Gasteiger charge is -2.35. The van der Waals surface area contributed by atoms with Crippen molar-refractivity contribution in [3.8, 4) is 0 Å². The number of hydrogen-bond acceptors (Lipinski definition) is 6. The average Bonchev–Trinajstić information content (AvgIpc) is 2.99. The summed E-state index contributed by atoms with van der Waals surface area (Å²) in [4.78, 5) is 22.4. The van der Waals surface area contributed by atoms with Crippen molar-refractivity contribution in [2.45, 2.75) is 32.9 Å². The predicted octanol–water partition coefficient (Wildman–Crippen LogP) is 2.18. The van der Waals surface area contributed by atoms with Crippen LogP contribution in [0.4, 0.5) is 0 Å². The van der Waals surface area contributed by atoms with E-state index in [-0.39, 0.29) is 16.7 Å². The molecule has 2 aromatic heterocycles. The van der Waals surface area contributed by atoms with Crippen LogP contribution in [0.5, 0.6) is 0 Å².